The van der Waals surface area contributed by atoms with Gasteiger partial charge in [-0.25, -0.2) is 19.7 Å². The minimum atomic E-state index is -1.09. The molecule has 0 amide bonds. The summed E-state index contributed by atoms with van der Waals surface area (Å²) in [6, 6.07) is 10.9. The second-order valence-electron chi connectivity index (χ2n) is 4.08. The normalized spacial score (nSPS) is 10.7. The van der Waals surface area contributed by atoms with Gasteiger partial charge in [0.15, 0.2) is 11.5 Å². The molecule has 98 valence electrons. The van der Waals surface area contributed by atoms with E-state index >= 15 is 0 Å². The number of carbonyl (C=O) groups is 1. The molecule has 2 heterocycles. The zero-order valence-electron chi connectivity index (χ0n) is 10.1. The van der Waals surface area contributed by atoms with Crippen LogP contribution in [0, 0.1) is 0 Å². The average molecular weight is 330 g/mol. The first-order valence-corrected chi connectivity index (χ1v) is 6.56. The molecule has 0 radical (unpaired) electrons. The van der Waals surface area contributed by atoms with Crippen LogP contribution in [0.15, 0.2) is 47.1 Å². The highest BCUT2D eigenvalue weighted by atomic mass is 79.9. The van der Waals surface area contributed by atoms with Crippen LogP contribution in [0.1, 0.15) is 10.5 Å². The van der Waals surface area contributed by atoms with E-state index in [2.05, 4.69) is 30.9 Å². The average Bonchev–Trinajstić information content (AvgIpc) is 2.46. The first-order chi connectivity index (χ1) is 9.65. The number of para-hydroxylation sites is 1. The van der Waals surface area contributed by atoms with Crippen molar-refractivity contribution in [3.8, 4) is 11.5 Å². The molecule has 6 heteroatoms. The third-order valence-electron chi connectivity index (χ3n) is 2.76. The van der Waals surface area contributed by atoms with Gasteiger partial charge in [0.05, 0.1) is 5.52 Å². The Bertz CT molecular complexity index is 820. The highest BCUT2D eigenvalue weighted by molar-refractivity contribution is 9.10. The molecule has 5 nitrogen and oxygen atoms in total. The SMILES string of the molecule is O=C(O)c1ccnc(-c2nc3ccccc3cc2Br)n1. The molecule has 3 aromatic rings. The molecule has 0 aliphatic rings. The van der Waals surface area contributed by atoms with Gasteiger partial charge in [0.2, 0.25) is 0 Å². The molecule has 2 aromatic heterocycles. The summed E-state index contributed by atoms with van der Waals surface area (Å²) in [7, 11) is 0. The largest absolute Gasteiger partial charge is 0.477 e. The smallest absolute Gasteiger partial charge is 0.354 e. The standard InChI is InChI=1S/C14H8BrN3O2/c15-9-7-8-3-1-2-4-10(8)17-12(9)13-16-6-5-11(18-13)14(19)20/h1-7H,(H,19,20). The maximum atomic E-state index is 11.0. The zero-order valence-corrected chi connectivity index (χ0v) is 11.7. The van der Waals surface area contributed by atoms with Gasteiger partial charge in [0.1, 0.15) is 5.69 Å². The topological polar surface area (TPSA) is 76.0 Å². The molecule has 3 rings (SSSR count). The van der Waals surface area contributed by atoms with Crippen LogP contribution in [0.5, 0.6) is 0 Å². The molecule has 0 saturated carbocycles. The van der Waals surface area contributed by atoms with Gasteiger partial charge in [0, 0.05) is 16.1 Å². The predicted molar refractivity (Wildman–Crippen MR) is 77.4 cm³/mol. The van der Waals surface area contributed by atoms with Crippen LogP contribution in [-0.4, -0.2) is 26.0 Å². The fraction of sp³-hybridized carbons (Fsp3) is 0. The first kappa shape index (κ1) is 12.7. The lowest BCUT2D eigenvalue weighted by molar-refractivity contribution is 0.0690. The summed E-state index contributed by atoms with van der Waals surface area (Å²) in [5.74, 6) is -0.812. The van der Waals surface area contributed by atoms with Gasteiger partial charge in [0.25, 0.3) is 0 Å². The Morgan fingerprint density at radius 3 is 2.75 bits per heavy atom. The third-order valence-corrected chi connectivity index (χ3v) is 3.37. The predicted octanol–water partition coefficient (Wildman–Crippen LogP) is 3.15. The van der Waals surface area contributed by atoms with E-state index in [-0.39, 0.29) is 11.5 Å². The van der Waals surface area contributed by atoms with Crippen molar-refractivity contribution in [2.75, 3.05) is 0 Å². The maximum absolute atomic E-state index is 11.0. The summed E-state index contributed by atoms with van der Waals surface area (Å²) in [5.41, 5.74) is 1.26. The van der Waals surface area contributed by atoms with Crippen LogP contribution >= 0.6 is 15.9 Å². The molecule has 0 atom stereocenters. The maximum Gasteiger partial charge on any atom is 0.354 e. The van der Waals surface area contributed by atoms with Crippen molar-refractivity contribution in [1.29, 1.82) is 0 Å². The van der Waals surface area contributed by atoms with Crippen molar-refractivity contribution in [3.63, 3.8) is 0 Å². The molecule has 0 spiro atoms. The van der Waals surface area contributed by atoms with Crippen LogP contribution in [0.2, 0.25) is 0 Å². The summed E-state index contributed by atoms with van der Waals surface area (Å²) in [6.45, 7) is 0. The van der Waals surface area contributed by atoms with E-state index in [1.807, 2.05) is 30.3 Å². The van der Waals surface area contributed by atoms with E-state index in [4.69, 9.17) is 5.11 Å². The van der Waals surface area contributed by atoms with Gasteiger partial charge >= 0.3 is 5.97 Å². The number of hydrogen-bond acceptors (Lipinski definition) is 4. The third kappa shape index (κ3) is 2.25. The van der Waals surface area contributed by atoms with Gasteiger partial charge in [-0.05, 0) is 34.1 Å². The van der Waals surface area contributed by atoms with E-state index in [0.29, 0.717) is 5.69 Å². The highest BCUT2D eigenvalue weighted by Gasteiger charge is 2.12. The molecule has 0 saturated heterocycles. The van der Waals surface area contributed by atoms with E-state index in [1.54, 1.807) is 0 Å². The summed E-state index contributed by atoms with van der Waals surface area (Å²) >= 11 is 3.43. The fourth-order valence-electron chi connectivity index (χ4n) is 1.84. The summed E-state index contributed by atoms with van der Waals surface area (Å²) < 4.78 is 0.721. The second kappa shape index (κ2) is 4.97. The lowest BCUT2D eigenvalue weighted by Crippen LogP contribution is -2.03. The van der Waals surface area contributed by atoms with Crippen LogP contribution in [-0.2, 0) is 0 Å². The Kier molecular flexibility index (Phi) is 3.15. The number of halogens is 1. The minimum Gasteiger partial charge on any atom is -0.477 e. The van der Waals surface area contributed by atoms with E-state index in [9.17, 15) is 4.79 Å². The molecule has 1 aromatic carbocycles. The van der Waals surface area contributed by atoms with Gasteiger partial charge < -0.3 is 5.11 Å². The second-order valence-corrected chi connectivity index (χ2v) is 4.94. The number of carboxylic acid groups (broad SMARTS) is 1. The van der Waals surface area contributed by atoms with Crippen molar-refractivity contribution >= 4 is 32.8 Å². The van der Waals surface area contributed by atoms with Gasteiger partial charge in [-0.3, -0.25) is 0 Å². The molecule has 0 bridgehead atoms. The number of benzene rings is 1. The van der Waals surface area contributed by atoms with Crippen LogP contribution in [0.4, 0.5) is 0 Å². The minimum absolute atomic E-state index is 0.0585. The molecule has 1 N–H and O–H groups in total. The van der Waals surface area contributed by atoms with Crippen molar-refractivity contribution < 1.29 is 9.90 Å². The van der Waals surface area contributed by atoms with Crippen molar-refractivity contribution in [2.45, 2.75) is 0 Å². The number of fused-ring (bicyclic) bond motifs is 1. The number of nitrogens with zero attached hydrogens (tertiary/aromatic N) is 3. The highest BCUT2D eigenvalue weighted by Crippen LogP contribution is 2.27. The van der Waals surface area contributed by atoms with Crippen LogP contribution in [0.25, 0.3) is 22.4 Å². The molecule has 0 aliphatic carbocycles. The lowest BCUT2D eigenvalue weighted by Gasteiger charge is -2.05. The van der Waals surface area contributed by atoms with Crippen molar-refractivity contribution in [3.05, 3.63) is 52.8 Å². The fourth-order valence-corrected chi connectivity index (χ4v) is 2.35. The Hall–Kier alpha value is -2.34. The molecule has 0 fully saturated rings. The van der Waals surface area contributed by atoms with Crippen molar-refractivity contribution in [1.82, 2.24) is 15.0 Å². The quantitative estimate of drug-likeness (QED) is 0.781. The van der Waals surface area contributed by atoms with Gasteiger partial charge in [-0.1, -0.05) is 18.2 Å². The Morgan fingerprint density at radius 2 is 1.95 bits per heavy atom. The van der Waals surface area contributed by atoms with E-state index in [0.717, 1.165) is 15.4 Å². The first-order valence-electron chi connectivity index (χ1n) is 5.77. The van der Waals surface area contributed by atoms with Crippen LogP contribution in [0.3, 0.4) is 0 Å². The Labute approximate surface area is 122 Å². The number of carboxylic acids is 1. The molecular weight excluding hydrogens is 322 g/mol. The number of hydrogen-bond donors (Lipinski definition) is 1. The van der Waals surface area contributed by atoms with E-state index < -0.39 is 5.97 Å². The monoisotopic (exact) mass is 329 g/mol. The number of aromatic carboxylic acids is 1. The molecule has 0 aliphatic heterocycles. The Morgan fingerprint density at radius 1 is 1.15 bits per heavy atom. The summed E-state index contributed by atoms with van der Waals surface area (Å²) in [4.78, 5) is 23.5. The molecular formula is C14H8BrN3O2. The molecule has 20 heavy (non-hydrogen) atoms. The van der Waals surface area contributed by atoms with Gasteiger partial charge in [-0.2, -0.15) is 0 Å². The van der Waals surface area contributed by atoms with Gasteiger partial charge in [-0.15, -0.1) is 0 Å². The lowest BCUT2D eigenvalue weighted by atomic mass is 10.2. The Balaban J connectivity index is 2.21. The zero-order chi connectivity index (χ0) is 14.1. The molecule has 0 unspecified atom stereocenters. The number of pyridine rings is 1. The summed E-state index contributed by atoms with van der Waals surface area (Å²) in [5, 5.41) is 9.96. The number of rotatable bonds is 2. The summed E-state index contributed by atoms with van der Waals surface area (Å²) in [6.07, 6.45) is 1.41. The van der Waals surface area contributed by atoms with E-state index in [1.165, 1.54) is 12.3 Å². The van der Waals surface area contributed by atoms with Crippen molar-refractivity contribution in [2.24, 2.45) is 0 Å². The van der Waals surface area contributed by atoms with Crippen LogP contribution < -0.4 is 0 Å². The number of aromatic nitrogens is 3.